The predicted octanol–water partition coefficient (Wildman–Crippen LogP) is 0.118. The molecule has 17 heavy (non-hydrogen) atoms. The molecule has 0 aromatic carbocycles. The molecular weight excluding hydrogens is 238 g/mol. The number of nitrogens with zero attached hydrogens (tertiary/aromatic N) is 2. The van der Waals surface area contributed by atoms with Gasteiger partial charge in [-0.25, -0.2) is 0 Å². The van der Waals surface area contributed by atoms with Crippen molar-refractivity contribution in [3.63, 3.8) is 0 Å². The summed E-state index contributed by atoms with van der Waals surface area (Å²) in [5.41, 5.74) is 0. The van der Waals surface area contributed by atoms with Gasteiger partial charge in [-0.3, -0.25) is 0 Å². The van der Waals surface area contributed by atoms with Crippen LogP contribution in [0.25, 0.3) is 0 Å². The third-order valence-electron chi connectivity index (χ3n) is 2.42. The third-order valence-corrected chi connectivity index (χ3v) is 4.43. The Labute approximate surface area is 105 Å². The topological polar surface area (TPSA) is 52.7 Å². The molecule has 0 unspecified atom stereocenters. The maximum atomic E-state index is 12.1. The van der Waals surface area contributed by atoms with E-state index in [9.17, 15) is 8.42 Å². The van der Waals surface area contributed by atoms with Gasteiger partial charge in [0.1, 0.15) is 0 Å². The first-order chi connectivity index (χ1) is 8.00. The lowest BCUT2D eigenvalue weighted by Gasteiger charge is -2.25. The molecule has 0 rings (SSSR count). The first kappa shape index (κ1) is 16.4. The SMILES string of the molecule is C#CCN(CC)S(=O)(=O)N(C)CCCNCC. The van der Waals surface area contributed by atoms with Gasteiger partial charge in [0.15, 0.2) is 0 Å². The van der Waals surface area contributed by atoms with Gasteiger partial charge >= 0.3 is 0 Å². The lowest BCUT2D eigenvalue weighted by atomic mass is 10.4. The lowest BCUT2D eigenvalue weighted by Crippen LogP contribution is -2.42. The van der Waals surface area contributed by atoms with Crippen molar-refractivity contribution >= 4 is 10.2 Å². The Morgan fingerprint density at radius 1 is 1.35 bits per heavy atom. The average Bonchev–Trinajstić information content (AvgIpc) is 2.30. The molecule has 0 bridgehead atoms. The summed E-state index contributed by atoms with van der Waals surface area (Å²) in [5.74, 6) is 2.36. The van der Waals surface area contributed by atoms with Crippen molar-refractivity contribution in [2.24, 2.45) is 0 Å². The molecule has 0 atom stereocenters. The van der Waals surface area contributed by atoms with Crippen LogP contribution in [0.5, 0.6) is 0 Å². The van der Waals surface area contributed by atoms with Crippen molar-refractivity contribution in [1.29, 1.82) is 0 Å². The molecule has 0 heterocycles. The first-order valence-electron chi connectivity index (χ1n) is 5.86. The molecule has 0 aliphatic rings. The van der Waals surface area contributed by atoms with E-state index in [1.807, 2.05) is 6.92 Å². The largest absolute Gasteiger partial charge is 0.317 e. The summed E-state index contributed by atoms with van der Waals surface area (Å²) in [6, 6.07) is 0. The second-order valence-corrected chi connectivity index (χ2v) is 5.70. The second kappa shape index (κ2) is 8.48. The molecule has 0 aromatic rings. The van der Waals surface area contributed by atoms with Gasteiger partial charge in [-0.2, -0.15) is 17.0 Å². The average molecular weight is 261 g/mol. The Morgan fingerprint density at radius 2 is 2.00 bits per heavy atom. The number of rotatable bonds is 9. The molecule has 0 aliphatic heterocycles. The van der Waals surface area contributed by atoms with E-state index in [-0.39, 0.29) is 6.54 Å². The zero-order valence-electron chi connectivity index (χ0n) is 10.9. The van der Waals surface area contributed by atoms with Gasteiger partial charge in [-0.05, 0) is 19.5 Å². The molecule has 0 saturated carbocycles. The molecule has 0 spiro atoms. The van der Waals surface area contributed by atoms with Crippen LogP contribution in [0.1, 0.15) is 20.3 Å². The quantitative estimate of drug-likeness (QED) is 0.474. The van der Waals surface area contributed by atoms with Gasteiger partial charge < -0.3 is 5.32 Å². The molecule has 100 valence electrons. The van der Waals surface area contributed by atoms with Gasteiger partial charge in [0.05, 0.1) is 6.54 Å². The van der Waals surface area contributed by atoms with Crippen LogP contribution >= 0.6 is 0 Å². The van der Waals surface area contributed by atoms with E-state index in [2.05, 4.69) is 11.2 Å². The summed E-state index contributed by atoms with van der Waals surface area (Å²) in [6.07, 6.45) is 5.95. The maximum Gasteiger partial charge on any atom is 0.282 e. The molecule has 0 radical (unpaired) electrons. The summed E-state index contributed by atoms with van der Waals surface area (Å²) < 4.78 is 26.7. The van der Waals surface area contributed by atoms with Crippen LogP contribution in [0.15, 0.2) is 0 Å². The van der Waals surface area contributed by atoms with Crippen LogP contribution in [0, 0.1) is 12.3 Å². The first-order valence-corrected chi connectivity index (χ1v) is 7.25. The minimum atomic E-state index is -3.40. The monoisotopic (exact) mass is 261 g/mol. The van der Waals surface area contributed by atoms with E-state index in [1.54, 1.807) is 14.0 Å². The maximum absolute atomic E-state index is 12.1. The summed E-state index contributed by atoms with van der Waals surface area (Å²) in [7, 11) is -1.82. The second-order valence-electron chi connectivity index (χ2n) is 3.67. The zero-order chi connectivity index (χ0) is 13.3. The highest BCUT2D eigenvalue weighted by Crippen LogP contribution is 2.05. The molecule has 0 fully saturated rings. The van der Waals surface area contributed by atoms with E-state index < -0.39 is 10.2 Å². The van der Waals surface area contributed by atoms with Crippen LogP contribution in [-0.4, -0.2) is 56.8 Å². The summed E-state index contributed by atoms with van der Waals surface area (Å²) in [5, 5.41) is 3.16. The van der Waals surface area contributed by atoms with E-state index in [0.29, 0.717) is 13.1 Å². The van der Waals surface area contributed by atoms with E-state index in [4.69, 9.17) is 6.42 Å². The third kappa shape index (κ3) is 5.50. The highest BCUT2D eigenvalue weighted by Gasteiger charge is 2.24. The Morgan fingerprint density at radius 3 is 2.47 bits per heavy atom. The molecule has 0 aromatic heterocycles. The Balaban J connectivity index is 4.33. The van der Waals surface area contributed by atoms with Crippen molar-refractivity contribution in [2.45, 2.75) is 20.3 Å². The fraction of sp³-hybridized carbons (Fsp3) is 0.818. The Kier molecular flexibility index (Phi) is 8.17. The van der Waals surface area contributed by atoms with Crippen molar-refractivity contribution in [2.75, 3.05) is 39.8 Å². The van der Waals surface area contributed by atoms with Gasteiger partial charge in [-0.15, -0.1) is 6.42 Å². The van der Waals surface area contributed by atoms with Crippen LogP contribution < -0.4 is 5.32 Å². The molecule has 5 nitrogen and oxygen atoms in total. The highest BCUT2D eigenvalue weighted by atomic mass is 32.2. The van der Waals surface area contributed by atoms with Crippen LogP contribution in [0.3, 0.4) is 0 Å². The summed E-state index contributed by atoms with van der Waals surface area (Å²) in [4.78, 5) is 0. The minimum Gasteiger partial charge on any atom is -0.317 e. The lowest BCUT2D eigenvalue weighted by molar-refractivity contribution is 0.383. The predicted molar refractivity (Wildman–Crippen MR) is 70.8 cm³/mol. The zero-order valence-corrected chi connectivity index (χ0v) is 11.8. The van der Waals surface area contributed by atoms with Crippen molar-refractivity contribution in [3.05, 3.63) is 0 Å². The molecular formula is C11H23N3O2S. The summed E-state index contributed by atoms with van der Waals surface area (Å²) >= 11 is 0. The van der Waals surface area contributed by atoms with E-state index in [1.165, 1.54) is 8.61 Å². The van der Waals surface area contributed by atoms with Crippen LogP contribution in [0.4, 0.5) is 0 Å². The van der Waals surface area contributed by atoms with Crippen molar-refractivity contribution < 1.29 is 8.42 Å². The van der Waals surface area contributed by atoms with Crippen LogP contribution in [0.2, 0.25) is 0 Å². The number of hydrogen-bond donors (Lipinski definition) is 1. The fourth-order valence-electron chi connectivity index (χ4n) is 1.37. The van der Waals surface area contributed by atoms with Crippen molar-refractivity contribution in [3.8, 4) is 12.3 Å². The van der Waals surface area contributed by atoms with Gasteiger partial charge in [0, 0.05) is 20.1 Å². The number of terminal acetylenes is 1. The number of hydrogen-bond acceptors (Lipinski definition) is 3. The standard InChI is InChI=1S/C11H23N3O2S/c1-5-10-14(7-3)17(15,16)13(4)11-8-9-12-6-2/h1,12H,6-11H2,2-4H3. The minimum absolute atomic E-state index is 0.121. The summed E-state index contributed by atoms with van der Waals surface area (Å²) in [6.45, 7) is 6.52. The molecule has 0 aliphatic carbocycles. The van der Waals surface area contributed by atoms with Gasteiger partial charge in [0.25, 0.3) is 10.2 Å². The van der Waals surface area contributed by atoms with Gasteiger partial charge in [-0.1, -0.05) is 19.8 Å². The van der Waals surface area contributed by atoms with Crippen LogP contribution in [-0.2, 0) is 10.2 Å². The van der Waals surface area contributed by atoms with Crippen molar-refractivity contribution in [1.82, 2.24) is 13.9 Å². The van der Waals surface area contributed by atoms with E-state index in [0.717, 1.165) is 19.5 Å². The normalized spacial score (nSPS) is 12.0. The number of nitrogens with one attached hydrogen (secondary N) is 1. The fourth-order valence-corrected chi connectivity index (χ4v) is 2.69. The molecule has 0 saturated heterocycles. The highest BCUT2D eigenvalue weighted by molar-refractivity contribution is 7.86. The molecule has 6 heteroatoms. The Hall–Kier alpha value is -0.610. The van der Waals surface area contributed by atoms with Gasteiger partial charge in [0.2, 0.25) is 0 Å². The molecule has 0 amide bonds. The smallest absolute Gasteiger partial charge is 0.282 e. The molecule has 1 N–H and O–H groups in total. The van der Waals surface area contributed by atoms with E-state index >= 15 is 0 Å². The Bertz CT molecular complexity index is 335.